The Labute approximate surface area is 108 Å². The molecule has 2 aromatic carbocycles. The summed E-state index contributed by atoms with van der Waals surface area (Å²) in [4.78, 5) is 1.36. The average Bonchev–Trinajstić information content (AvgIpc) is 2.40. The lowest BCUT2D eigenvalue weighted by Gasteiger charge is -2.03. The summed E-state index contributed by atoms with van der Waals surface area (Å²) in [6.45, 7) is 2.22. The molecule has 0 aliphatic rings. The monoisotopic (exact) mass is 242 g/mol. The Hall–Kier alpha value is -1.21. The summed E-state index contributed by atoms with van der Waals surface area (Å²) in [5.74, 6) is 1.05. The second-order valence-electron chi connectivity index (χ2n) is 4.17. The molecule has 0 unspecified atom stereocenters. The van der Waals surface area contributed by atoms with Crippen LogP contribution in [0.15, 0.2) is 59.5 Å². The quantitative estimate of drug-likeness (QED) is 0.670. The average molecular weight is 242 g/mol. The minimum absolute atomic E-state index is 1.05. The first-order valence-electron chi connectivity index (χ1n) is 6.14. The third-order valence-electron chi connectivity index (χ3n) is 2.71. The van der Waals surface area contributed by atoms with E-state index in [4.69, 9.17) is 0 Å². The van der Waals surface area contributed by atoms with Crippen molar-refractivity contribution in [2.75, 3.05) is 0 Å². The first kappa shape index (κ1) is 12.3. The Bertz CT molecular complexity index is 431. The first-order chi connectivity index (χ1) is 8.38. The number of rotatable bonds is 5. The molecule has 2 rings (SSSR count). The van der Waals surface area contributed by atoms with Gasteiger partial charge >= 0.3 is 0 Å². The minimum atomic E-state index is 1.05. The van der Waals surface area contributed by atoms with Crippen LogP contribution in [0, 0.1) is 0 Å². The van der Waals surface area contributed by atoms with Crippen molar-refractivity contribution in [3.8, 4) is 0 Å². The molecule has 0 saturated heterocycles. The Morgan fingerprint density at radius 1 is 0.824 bits per heavy atom. The van der Waals surface area contributed by atoms with Gasteiger partial charge in [-0.2, -0.15) is 0 Å². The highest BCUT2D eigenvalue weighted by atomic mass is 32.2. The van der Waals surface area contributed by atoms with Gasteiger partial charge in [0, 0.05) is 10.6 Å². The molecular formula is C16H18S. The molecule has 0 aliphatic carbocycles. The van der Waals surface area contributed by atoms with E-state index in [0.29, 0.717) is 0 Å². The topological polar surface area (TPSA) is 0 Å². The van der Waals surface area contributed by atoms with E-state index >= 15 is 0 Å². The van der Waals surface area contributed by atoms with Crippen LogP contribution in [0.4, 0.5) is 0 Å². The molecule has 0 aliphatic heterocycles. The molecule has 2 aromatic rings. The molecule has 0 spiro atoms. The summed E-state index contributed by atoms with van der Waals surface area (Å²) >= 11 is 1.90. The molecule has 17 heavy (non-hydrogen) atoms. The predicted octanol–water partition coefficient (Wildman–Crippen LogP) is 4.93. The van der Waals surface area contributed by atoms with E-state index in [1.54, 1.807) is 0 Å². The number of benzene rings is 2. The highest BCUT2D eigenvalue weighted by Gasteiger charge is 1.96. The van der Waals surface area contributed by atoms with E-state index in [0.717, 1.165) is 5.75 Å². The number of hydrogen-bond acceptors (Lipinski definition) is 1. The zero-order chi connectivity index (χ0) is 11.9. The van der Waals surface area contributed by atoms with Gasteiger partial charge in [0.05, 0.1) is 0 Å². The fourth-order valence-electron chi connectivity index (χ4n) is 1.78. The molecule has 0 radical (unpaired) electrons. The first-order valence-corrected chi connectivity index (χ1v) is 7.12. The fraction of sp³-hybridized carbons (Fsp3) is 0.250. The maximum absolute atomic E-state index is 2.25. The Morgan fingerprint density at radius 2 is 1.53 bits per heavy atom. The van der Waals surface area contributed by atoms with E-state index in [9.17, 15) is 0 Å². The van der Waals surface area contributed by atoms with Crippen molar-refractivity contribution >= 4 is 11.8 Å². The second-order valence-corrected chi connectivity index (χ2v) is 5.22. The van der Waals surface area contributed by atoms with Crippen molar-refractivity contribution in [1.82, 2.24) is 0 Å². The van der Waals surface area contributed by atoms with Crippen LogP contribution in [0.2, 0.25) is 0 Å². The second kappa shape index (κ2) is 6.51. The molecule has 0 fully saturated rings. The van der Waals surface area contributed by atoms with Crippen LogP contribution >= 0.6 is 11.8 Å². The molecule has 0 bridgehead atoms. The van der Waals surface area contributed by atoms with Crippen LogP contribution in [-0.4, -0.2) is 0 Å². The fourth-order valence-corrected chi connectivity index (χ4v) is 2.64. The normalized spacial score (nSPS) is 10.4. The number of aryl methyl sites for hydroxylation is 1. The number of thioether (sulfide) groups is 1. The van der Waals surface area contributed by atoms with Gasteiger partial charge in [0.25, 0.3) is 0 Å². The largest absolute Gasteiger partial charge is 0.121 e. The smallest absolute Gasteiger partial charge is 0.0231 e. The summed E-state index contributed by atoms with van der Waals surface area (Å²) in [7, 11) is 0. The van der Waals surface area contributed by atoms with E-state index in [-0.39, 0.29) is 0 Å². The van der Waals surface area contributed by atoms with Crippen LogP contribution in [0.1, 0.15) is 24.5 Å². The van der Waals surface area contributed by atoms with Gasteiger partial charge < -0.3 is 0 Å². The van der Waals surface area contributed by atoms with Crippen LogP contribution < -0.4 is 0 Å². The lowest BCUT2D eigenvalue weighted by molar-refractivity contribution is 0.920. The summed E-state index contributed by atoms with van der Waals surface area (Å²) in [5, 5.41) is 0. The van der Waals surface area contributed by atoms with Gasteiger partial charge in [-0.05, 0) is 29.7 Å². The Balaban J connectivity index is 1.91. The van der Waals surface area contributed by atoms with Gasteiger partial charge in [0.2, 0.25) is 0 Å². The minimum Gasteiger partial charge on any atom is -0.121 e. The van der Waals surface area contributed by atoms with Crippen molar-refractivity contribution < 1.29 is 0 Å². The van der Waals surface area contributed by atoms with Crippen molar-refractivity contribution in [2.24, 2.45) is 0 Å². The van der Waals surface area contributed by atoms with E-state index in [2.05, 4.69) is 61.5 Å². The lowest BCUT2D eigenvalue weighted by atomic mass is 10.1. The lowest BCUT2D eigenvalue weighted by Crippen LogP contribution is -1.83. The van der Waals surface area contributed by atoms with Crippen LogP contribution in [0.3, 0.4) is 0 Å². The zero-order valence-corrected chi connectivity index (χ0v) is 11.0. The summed E-state index contributed by atoms with van der Waals surface area (Å²) in [6.07, 6.45) is 2.40. The van der Waals surface area contributed by atoms with E-state index in [1.165, 1.54) is 28.9 Å². The summed E-state index contributed by atoms with van der Waals surface area (Å²) in [5.41, 5.74) is 2.83. The molecule has 0 amide bonds. The third kappa shape index (κ3) is 3.94. The molecule has 1 heteroatoms. The Kier molecular flexibility index (Phi) is 4.69. The van der Waals surface area contributed by atoms with Gasteiger partial charge in [-0.1, -0.05) is 55.8 Å². The Morgan fingerprint density at radius 3 is 2.18 bits per heavy atom. The SMILES string of the molecule is CCCc1ccc(SCc2ccccc2)cc1. The highest BCUT2D eigenvalue weighted by Crippen LogP contribution is 2.23. The predicted molar refractivity (Wildman–Crippen MR) is 76.4 cm³/mol. The molecule has 0 saturated carbocycles. The van der Waals surface area contributed by atoms with Crippen LogP contribution in [-0.2, 0) is 12.2 Å². The van der Waals surface area contributed by atoms with Crippen molar-refractivity contribution in [2.45, 2.75) is 30.4 Å². The van der Waals surface area contributed by atoms with Gasteiger partial charge in [0.15, 0.2) is 0 Å². The van der Waals surface area contributed by atoms with Crippen molar-refractivity contribution in [1.29, 1.82) is 0 Å². The standard InChI is InChI=1S/C16H18S/c1-2-6-14-9-11-16(12-10-14)17-13-15-7-4-3-5-8-15/h3-5,7-12H,2,6,13H2,1H3. The van der Waals surface area contributed by atoms with Gasteiger partial charge in [-0.3, -0.25) is 0 Å². The molecule has 88 valence electrons. The van der Waals surface area contributed by atoms with Crippen molar-refractivity contribution in [3.63, 3.8) is 0 Å². The molecule has 0 heterocycles. The maximum Gasteiger partial charge on any atom is 0.0231 e. The molecule has 0 nitrogen and oxygen atoms in total. The van der Waals surface area contributed by atoms with Crippen LogP contribution in [0.5, 0.6) is 0 Å². The molecule has 0 N–H and O–H groups in total. The van der Waals surface area contributed by atoms with Gasteiger partial charge in [0.1, 0.15) is 0 Å². The van der Waals surface area contributed by atoms with Crippen LogP contribution in [0.25, 0.3) is 0 Å². The number of hydrogen-bond donors (Lipinski definition) is 0. The van der Waals surface area contributed by atoms with E-state index in [1.807, 2.05) is 11.8 Å². The maximum atomic E-state index is 2.25. The van der Waals surface area contributed by atoms with E-state index < -0.39 is 0 Å². The summed E-state index contributed by atoms with van der Waals surface area (Å²) in [6, 6.07) is 19.6. The highest BCUT2D eigenvalue weighted by molar-refractivity contribution is 7.98. The third-order valence-corrected chi connectivity index (χ3v) is 3.79. The molecule has 0 aromatic heterocycles. The molecule has 0 atom stereocenters. The molecular weight excluding hydrogens is 224 g/mol. The summed E-state index contributed by atoms with van der Waals surface area (Å²) < 4.78 is 0. The van der Waals surface area contributed by atoms with Gasteiger partial charge in [-0.15, -0.1) is 11.8 Å². The van der Waals surface area contributed by atoms with Gasteiger partial charge in [-0.25, -0.2) is 0 Å². The zero-order valence-electron chi connectivity index (χ0n) is 10.2. The van der Waals surface area contributed by atoms with Crippen molar-refractivity contribution in [3.05, 3.63) is 65.7 Å².